The molecule has 8 heteroatoms. The minimum absolute atomic E-state index is 0.00779. The zero-order chi connectivity index (χ0) is 21.1. The lowest BCUT2D eigenvalue weighted by molar-refractivity contribution is 0.0539. The summed E-state index contributed by atoms with van der Waals surface area (Å²) in [4.78, 5) is 21.5. The van der Waals surface area contributed by atoms with Crippen LogP contribution in [0.3, 0.4) is 0 Å². The van der Waals surface area contributed by atoms with E-state index in [2.05, 4.69) is 27.4 Å². The first-order valence-corrected chi connectivity index (χ1v) is 10.5. The molecule has 1 aliphatic heterocycles. The number of carbonyl (C=O) groups is 1. The van der Waals surface area contributed by atoms with Crippen LogP contribution in [0.2, 0.25) is 5.02 Å². The highest BCUT2D eigenvalue weighted by Crippen LogP contribution is 2.27. The maximum absolute atomic E-state index is 13.7. The summed E-state index contributed by atoms with van der Waals surface area (Å²) >= 11 is 5.93. The number of halogens is 1. The molecule has 1 unspecified atom stereocenters. The second-order valence-corrected chi connectivity index (χ2v) is 8.20. The van der Waals surface area contributed by atoms with Gasteiger partial charge < -0.3 is 10.2 Å². The molecule has 156 valence electrons. The molecule has 1 aromatic carbocycles. The molecule has 7 nitrogen and oxygen atoms in total. The van der Waals surface area contributed by atoms with Gasteiger partial charge in [0.1, 0.15) is 5.82 Å². The van der Waals surface area contributed by atoms with Gasteiger partial charge in [-0.3, -0.25) is 4.79 Å². The highest BCUT2D eigenvalue weighted by molar-refractivity contribution is 6.30. The first-order valence-electron chi connectivity index (χ1n) is 10.2. The Kier molecular flexibility index (Phi) is 5.99. The number of hydrogen-bond donors (Lipinski definition) is 1. The SMILES string of the molecule is Cc1ccc(-n2nccn2)c(C(=O)N2CCC[C@@H](C)C2CNc2ccc(Cl)cn2)c1. The molecular formula is C22H25ClN6O. The molecule has 3 aromatic rings. The summed E-state index contributed by atoms with van der Waals surface area (Å²) in [5, 5.41) is 12.4. The summed E-state index contributed by atoms with van der Waals surface area (Å²) in [7, 11) is 0. The standard InChI is InChI=1S/C22H25ClN6O/c1-15-5-7-19(29-26-9-10-27-29)18(12-15)22(30)28-11-3-4-16(2)20(28)14-25-21-8-6-17(23)13-24-21/h5-10,12-13,16,20H,3-4,11,14H2,1-2H3,(H,24,25)/t16-,20?/m1/s1. The third-order valence-corrected chi connectivity index (χ3v) is 5.84. The molecule has 1 amide bonds. The molecule has 3 heterocycles. The molecule has 0 spiro atoms. The van der Waals surface area contributed by atoms with Crippen molar-refractivity contribution in [2.24, 2.45) is 5.92 Å². The highest BCUT2D eigenvalue weighted by atomic mass is 35.5. The smallest absolute Gasteiger partial charge is 0.256 e. The van der Waals surface area contributed by atoms with E-state index in [9.17, 15) is 4.79 Å². The number of likely N-dealkylation sites (tertiary alicyclic amines) is 1. The van der Waals surface area contributed by atoms with Crippen LogP contribution >= 0.6 is 11.6 Å². The first kappa shape index (κ1) is 20.3. The van der Waals surface area contributed by atoms with Crippen molar-refractivity contribution in [3.63, 3.8) is 0 Å². The first-order chi connectivity index (χ1) is 14.5. The lowest BCUT2D eigenvalue weighted by Gasteiger charge is -2.40. The van der Waals surface area contributed by atoms with Crippen LogP contribution in [0.4, 0.5) is 5.82 Å². The molecule has 0 aliphatic carbocycles. The van der Waals surface area contributed by atoms with Crippen LogP contribution < -0.4 is 5.32 Å². The van der Waals surface area contributed by atoms with Gasteiger partial charge in [0.25, 0.3) is 5.91 Å². The van der Waals surface area contributed by atoms with Crippen molar-refractivity contribution < 1.29 is 4.79 Å². The van der Waals surface area contributed by atoms with Crippen LogP contribution in [0.25, 0.3) is 5.69 Å². The number of pyridine rings is 1. The fraction of sp³-hybridized carbons (Fsp3) is 0.364. The minimum Gasteiger partial charge on any atom is -0.368 e. The van der Waals surface area contributed by atoms with Crippen LogP contribution in [0, 0.1) is 12.8 Å². The molecule has 2 atom stereocenters. The molecule has 4 rings (SSSR count). The third kappa shape index (κ3) is 4.31. The van der Waals surface area contributed by atoms with Gasteiger partial charge in [-0.15, -0.1) is 0 Å². The lowest BCUT2D eigenvalue weighted by atomic mass is 9.89. The summed E-state index contributed by atoms with van der Waals surface area (Å²) in [6.07, 6.45) is 6.92. The molecule has 0 bridgehead atoms. The van der Waals surface area contributed by atoms with E-state index in [-0.39, 0.29) is 11.9 Å². The van der Waals surface area contributed by atoms with Gasteiger partial charge in [-0.1, -0.05) is 30.2 Å². The summed E-state index contributed by atoms with van der Waals surface area (Å²) in [6, 6.07) is 9.51. The molecule has 2 aromatic heterocycles. The number of nitrogens with one attached hydrogen (secondary N) is 1. The van der Waals surface area contributed by atoms with Gasteiger partial charge >= 0.3 is 0 Å². The van der Waals surface area contributed by atoms with Crippen molar-refractivity contribution in [2.45, 2.75) is 32.7 Å². The number of nitrogens with zero attached hydrogens (tertiary/aromatic N) is 5. The number of aryl methyl sites for hydroxylation is 1. The number of piperidine rings is 1. The van der Waals surface area contributed by atoms with Gasteiger partial charge in [0.05, 0.1) is 34.7 Å². The van der Waals surface area contributed by atoms with Crippen LogP contribution in [0.15, 0.2) is 48.9 Å². The topological polar surface area (TPSA) is 75.9 Å². The molecule has 1 aliphatic rings. The Balaban J connectivity index is 1.60. The lowest BCUT2D eigenvalue weighted by Crippen LogP contribution is -2.51. The van der Waals surface area contributed by atoms with E-state index >= 15 is 0 Å². The van der Waals surface area contributed by atoms with E-state index in [1.165, 1.54) is 4.80 Å². The van der Waals surface area contributed by atoms with Crippen molar-refractivity contribution in [3.8, 4) is 5.69 Å². The van der Waals surface area contributed by atoms with Gasteiger partial charge in [-0.05, 0) is 49.9 Å². The number of rotatable bonds is 5. The molecule has 1 fully saturated rings. The molecule has 1 saturated heterocycles. The largest absolute Gasteiger partial charge is 0.368 e. The monoisotopic (exact) mass is 424 g/mol. The molecule has 0 radical (unpaired) electrons. The van der Waals surface area contributed by atoms with Crippen LogP contribution in [-0.2, 0) is 0 Å². The van der Waals surface area contributed by atoms with E-state index < -0.39 is 0 Å². The van der Waals surface area contributed by atoms with Gasteiger partial charge in [0, 0.05) is 19.3 Å². The predicted octanol–water partition coefficient (Wildman–Crippen LogP) is 3.98. The molecule has 30 heavy (non-hydrogen) atoms. The average molecular weight is 425 g/mol. The Bertz CT molecular complexity index is 1000. The summed E-state index contributed by atoms with van der Waals surface area (Å²) in [6.45, 7) is 5.54. The van der Waals surface area contributed by atoms with E-state index in [4.69, 9.17) is 11.6 Å². The van der Waals surface area contributed by atoms with Crippen molar-refractivity contribution in [2.75, 3.05) is 18.4 Å². The zero-order valence-corrected chi connectivity index (χ0v) is 17.9. The van der Waals surface area contributed by atoms with Crippen molar-refractivity contribution >= 4 is 23.3 Å². The minimum atomic E-state index is 0.00779. The fourth-order valence-corrected chi connectivity index (χ4v) is 4.10. The van der Waals surface area contributed by atoms with Gasteiger partial charge in [0.15, 0.2) is 0 Å². The van der Waals surface area contributed by atoms with E-state index in [1.54, 1.807) is 24.7 Å². The van der Waals surface area contributed by atoms with Crippen molar-refractivity contribution in [1.29, 1.82) is 0 Å². The normalized spacial score (nSPS) is 19.0. The Morgan fingerprint density at radius 1 is 1.23 bits per heavy atom. The highest BCUT2D eigenvalue weighted by Gasteiger charge is 2.33. The number of anilines is 1. The summed E-state index contributed by atoms with van der Waals surface area (Å²) in [5.74, 6) is 1.13. The van der Waals surface area contributed by atoms with E-state index in [0.29, 0.717) is 28.7 Å². The Morgan fingerprint density at radius 2 is 2.03 bits per heavy atom. The van der Waals surface area contributed by atoms with Crippen molar-refractivity contribution in [3.05, 3.63) is 65.1 Å². The molecular weight excluding hydrogens is 400 g/mol. The fourth-order valence-electron chi connectivity index (χ4n) is 3.99. The Labute approximate surface area is 181 Å². The number of aromatic nitrogens is 4. The maximum atomic E-state index is 13.7. The second kappa shape index (κ2) is 8.83. The quantitative estimate of drug-likeness (QED) is 0.670. The van der Waals surface area contributed by atoms with Gasteiger partial charge in [-0.25, -0.2) is 4.98 Å². The number of benzene rings is 1. The summed E-state index contributed by atoms with van der Waals surface area (Å²) in [5.41, 5.74) is 2.34. The number of hydrogen-bond acceptors (Lipinski definition) is 5. The molecule has 1 N–H and O–H groups in total. The zero-order valence-electron chi connectivity index (χ0n) is 17.1. The number of amides is 1. The maximum Gasteiger partial charge on any atom is 0.256 e. The third-order valence-electron chi connectivity index (χ3n) is 5.61. The average Bonchev–Trinajstić information content (AvgIpc) is 3.28. The molecule has 0 saturated carbocycles. The number of carbonyl (C=O) groups excluding carboxylic acids is 1. The van der Waals surface area contributed by atoms with Crippen LogP contribution in [0.1, 0.15) is 35.7 Å². The van der Waals surface area contributed by atoms with Crippen LogP contribution in [-0.4, -0.2) is 49.9 Å². The Hall–Kier alpha value is -2.93. The Morgan fingerprint density at radius 3 is 2.77 bits per heavy atom. The van der Waals surface area contributed by atoms with Gasteiger partial charge in [-0.2, -0.15) is 15.0 Å². The van der Waals surface area contributed by atoms with Crippen LogP contribution in [0.5, 0.6) is 0 Å². The second-order valence-electron chi connectivity index (χ2n) is 7.77. The van der Waals surface area contributed by atoms with E-state index in [0.717, 1.165) is 30.8 Å². The van der Waals surface area contributed by atoms with Crippen molar-refractivity contribution in [1.82, 2.24) is 24.9 Å². The summed E-state index contributed by atoms with van der Waals surface area (Å²) < 4.78 is 0. The van der Waals surface area contributed by atoms with Gasteiger partial charge in [0.2, 0.25) is 0 Å². The van der Waals surface area contributed by atoms with E-state index in [1.807, 2.05) is 36.1 Å². The predicted molar refractivity (Wildman–Crippen MR) is 117 cm³/mol.